The zero-order chi connectivity index (χ0) is 14.6. The third-order valence-electron chi connectivity index (χ3n) is 3.53. The number of aromatic nitrogens is 2. The average molecular weight is 273 g/mol. The van der Waals surface area contributed by atoms with Gasteiger partial charge < -0.3 is 15.0 Å². The van der Waals surface area contributed by atoms with E-state index in [-0.39, 0.29) is 11.6 Å². The summed E-state index contributed by atoms with van der Waals surface area (Å²) in [5.41, 5.74) is 8.37. The molecule has 4 nitrogen and oxygen atoms in total. The van der Waals surface area contributed by atoms with Gasteiger partial charge in [0.05, 0.1) is 30.2 Å². The van der Waals surface area contributed by atoms with Gasteiger partial charge in [0, 0.05) is 13.3 Å². The highest BCUT2D eigenvalue weighted by molar-refractivity contribution is 5.18. The Bertz CT molecular complexity index is 534. The Morgan fingerprint density at radius 2 is 2.00 bits per heavy atom. The molecule has 0 fully saturated rings. The van der Waals surface area contributed by atoms with Crippen molar-refractivity contribution in [3.05, 3.63) is 54.1 Å². The molecule has 0 amide bonds. The van der Waals surface area contributed by atoms with Gasteiger partial charge in [0.15, 0.2) is 0 Å². The predicted molar refractivity (Wildman–Crippen MR) is 80.4 cm³/mol. The minimum absolute atomic E-state index is 0.0624. The number of ether oxygens (including phenoxy) is 1. The zero-order valence-corrected chi connectivity index (χ0v) is 12.4. The van der Waals surface area contributed by atoms with Gasteiger partial charge in [0.1, 0.15) is 0 Å². The lowest BCUT2D eigenvalue weighted by Crippen LogP contribution is -2.30. The third kappa shape index (κ3) is 3.68. The number of nitrogens with two attached hydrogens (primary N) is 1. The van der Waals surface area contributed by atoms with Crippen molar-refractivity contribution < 1.29 is 4.74 Å². The van der Waals surface area contributed by atoms with E-state index in [0.717, 1.165) is 18.7 Å². The van der Waals surface area contributed by atoms with Crippen molar-refractivity contribution >= 4 is 0 Å². The predicted octanol–water partition coefficient (Wildman–Crippen LogP) is 2.55. The number of hydrogen-bond donors (Lipinski definition) is 1. The molecule has 0 unspecified atom stereocenters. The van der Waals surface area contributed by atoms with Gasteiger partial charge in [-0.05, 0) is 25.8 Å². The summed E-state index contributed by atoms with van der Waals surface area (Å²) in [6.07, 6.45) is 4.47. The van der Waals surface area contributed by atoms with Crippen LogP contribution in [-0.2, 0) is 17.7 Å². The standard InChI is InChI=1S/C16H23N3O/c1-16(2,20-3)11-19-12-18-10-15(19)14(17)9-13-7-5-4-6-8-13/h4-8,10,12,14H,9,11,17H2,1-3H3/t14-/m1/s1. The van der Waals surface area contributed by atoms with E-state index in [1.54, 1.807) is 7.11 Å². The molecular weight excluding hydrogens is 250 g/mol. The van der Waals surface area contributed by atoms with Crippen LogP contribution in [-0.4, -0.2) is 22.3 Å². The normalized spacial score (nSPS) is 13.4. The number of imidazole rings is 1. The second-order valence-electron chi connectivity index (χ2n) is 5.71. The topological polar surface area (TPSA) is 53.1 Å². The van der Waals surface area contributed by atoms with Gasteiger partial charge in [-0.3, -0.25) is 0 Å². The van der Waals surface area contributed by atoms with Gasteiger partial charge in [-0.15, -0.1) is 0 Å². The number of rotatable bonds is 6. The van der Waals surface area contributed by atoms with Gasteiger partial charge >= 0.3 is 0 Å². The molecule has 4 heteroatoms. The van der Waals surface area contributed by atoms with E-state index in [1.165, 1.54) is 5.56 Å². The molecule has 0 spiro atoms. The fraction of sp³-hybridized carbons (Fsp3) is 0.438. The van der Waals surface area contributed by atoms with E-state index >= 15 is 0 Å². The van der Waals surface area contributed by atoms with Crippen molar-refractivity contribution in [1.29, 1.82) is 0 Å². The molecule has 1 aromatic carbocycles. The Morgan fingerprint density at radius 1 is 1.30 bits per heavy atom. The van der Waals surface area contributed by atoms with E-state index in [0.29, 0.717) is 0 Å². The van der Waals surface area contributed by atoms with Crippen LogP contribution in [0.1, 0.15) is 31.1 Å². The molecule has 2 N–H and O–H groups in total. The minimum atomic E-state index is -0.234. The Morgan fingerprint density at radius 3 is 2.65 bits per heavy atom. The lowest BCUT2D eigenvalue weighted by molar-refractivity contribution is 0.00739. The van der Waals surface area contributed by atoms with Gasteiger partial charge in [-0.1, -0.05) is 30.3 Å². The SMILES string of the molecule is COC(C)(C)Cn1cncc1[C@H](N)Cc1ccccc1. The van der Waals surface area contributed by atoms with Crippen LogP contribution in [0.5, 0.6) is 0 Å². The minimum Gasteiger partial charge on any atom is -0.377 e. The number of nitrogens with zero attached hydrogens (tertiary/aromatic N) is 2. The maximum absolute atomic E-state index is 6.33. The second kappa shape index (κ2) is 6.20. The molecule has 0 saturated heterocycles. The van der Waals surface area contributed by atoms with Crippen LogP contribution in [0.15, 0.2) is 42.9 Å². The van der Waals surface area contributed by atoms with Crippen molar-refractivity contribution in [3.8, 4) is 0 Å². The van der Waals surface area contributed by atoms with E-state index in [1.807, 2.05) is 30.7 Å². The highest BCUT2D eigenvalue weighted by atomic mass is 16.5. The molecule has 2 rings (SSSR count). The summed E-state index contributed by atoms with van der Waals surface area (Å²) in [4.78, 5) is 4.23. The summed E-state index contributed by atoms with van der Waals surface area (Å²) < 4.78 is 7.56. The fourth-order valence-corrected chi connectivity index (χ4v) is 2.22. The molecule has 0 aliphatic rings. The number of benzene rings is 1. The first-order chi connectivity index (χ1) is 9.52. The summed E-state index contributed by atoms with van der Waals surface area (Å²) in [5, 5.41) is 0. The second-order valence-corrected chi connectivity index (χ2v) is 5.71. The van der Waals surface area contributed by atoms with Crippen LogP contribution in [0.25, 0.3) is 0 Å². The molecule has 0 aliphatic heterocycles. The van der Waals surface area contributed by atoms with Gasteiger partial charge in [0.2, 0.25) is 0 Å². The van der Waals surface area contributed by atoms with Crippen LogP contribution in [0.4, 0.5) is 0 Å². The summed E-state index contributed by atoms with van der Waals surface area (Å²) in [6.45, 7) is 4.85. The van der Waals surface area contributed by atoms with E-state index < -0.39 is 0 Å². The quantitative estimate of drug-likeness (QED) is 0.880. The Kier molecular flexibility index (Phi) is 4.57. The molecule has 1 heterocycles. The van der Waals surface area contributed by atoms with Crippen LogP contribution < -0.4 is 5.73 Å². The molecule has 1 atom stereocenters. The highest BCUT2D eigenvalue weighted by Crippen LogP contribution is 2.19. The molecule has 0 aliphatic carbocycles. The molecule has 0 saturated carbocycles. The molecule has 108 valence electrons. The zero-order valence-electron chi connectivity index (χ0n) is 12.4. The van der Waals surface area contributed by atoms with Crippen LogP contribution in [0.3, 0.4) is 0 Å². The van der Waals surface area contributed by atoms with Gasteiger partial charge in [-0.25, -0.2) is 4.98 Å². The Labute approximate surface area is 120 Å². The average Bonchev–Trinajstić information content (AvgIpc) is 2.87. The van der Waals surface area contributed by atoms with E-state index in [9.17, 15) is 0 Å². The maximum Gasteiger partial charge on any atom is 0.0949 e. The van der Waals surface area contributed by atoms with Gasteiger partial charge in [0.25, 0.3) is 0 Å². The molecule has 20 heavy (non-hydrogen) atoms. The molecule has 0 bridgehead atoms. The third-order valence-corrected chi connectivity index (χ3v) is 3.53. The van der Waals surface area contributed by atoms with Crippen LogP contribution in [0.2, 0.25) is 0 Å². The maximum atomic E-state index is 6.33. The fourth-order valence-electron chi connectivity index (χ4n) is 2.22. The summed E-state index contributed by atoms with van der Waals surface area (Å²) in [6, 6.07) is 10.2. The smallest absolute Gasteiger partial charge is 0.0949 e. The van der Waals surface area contributed by atoms with Crippen molar-refractivity contribution in [1.82, 2.24) is 9.55 Å². The molecule has 0 radical (unpaired) electrons. The first-order valence-corrected chi connectivity index (χ1v) is 6.86. The van der Waals surface area contributed by atoms with Crippen molar-refractivity contribution in [2.75, 3.05) is 7.11 Å². The van der Waals surface area contributed by atoms with Gasteiger partial charge in [-0.2, -0.15) is 0 Å². The summed E-state index contributed by atoms with van der Waals surface area (Å²) in [7, 11) is 1.72. The van der Waals surface area contributed by atoms with Crippen molar-refractivity contribution in [2.24, 2.45) is 5.73 Å². The first kappa shape index (κ1) is 14.8. The summed E-state index contributed by atoms with van der Waals surface area (Å²) in [5.74, 6) is 0. The van der Waals surface area contributed by atoms with Crippen molar-refractivity contribution in [2.45, 2.75) is 38.5 Å². The van der Waals surface area contributed by atoms with E-state index in [4.69, 9.17) is 10.5 Å². The Hall–Kier alpha value is -1.65. The van der Waals surface area contributed by atoms with Crippen molar-refractivity contribution in [3.63, 3.8) is 0 Å². The molecular formula is C16H23N3O. The highest BCUT2D eigenvalue weighted by Gasteiger charge is 2.20. The molecule has 1 aromatic heterocycles. The van der Waals surface area contributed by atoms with Crippen LogP contribution >= 0.6 is 0 Å². The number of methoxy groups -OCH3 is 1. The largest absolute Gasteiger partial charge is 0.377 e. The summed E-state index contributed by atoms with van der Waals surface area (Å²) >= 11 is 0. The Balaban J connectivity index is 2.11. The molecule has 2 aromatic rings. The lowest BCUT2D eigenvalue weighted by Gasteiger charge is -2.25. The number of hydrogen-bond acceptors (Lipinski definition) is 3. The lowest BCUT2D eigenvalue weighted by atomic mass is 10.0. The monoisotopic (exact) mass is 273 g/mol. The first-order valence-electron chi connectivity index (χ1n) is 6.86. The van der Waals surface area contributed by atoms with Crippen LogP contribution in [0, 0.1) is 0 Å². The van der Waals surface area contributed by atoms with E-state index in [2.05, 4.69) is 35.5 Å².